The molecule has 0 aromatic heterocycles. The van der Waals surface area contributed by atoms with Gasteiger partial charge in [0.1, 0.15) is 6.04 Å². The van der Waals surface area contributed by atoms with Gasteiger partial charge in [0.05, 0.1) is 6.42 Å². The molecule has 1 aliphatic carbocycles. The summed E-state index contributed by atoms with van der Waals surface area (Å²) in [6, 6.07) is -1.30. The predicted octanol–water partition coefficient (Wildman–Crippen LogP) is -1.29. The first-order chi connectivity index (χ1) is 8.90. The number of nitrogens with zero attached hydrogens (tertiary/aromatic N) is 1. The minimum absolute atomic E-state index is 0.418. The normalized spacial score (nSPS) is 15.9. The summed E-state index contributed by atoms with van der Waals surface area (Å²) in [5.41, 5.74) is 4.91. The van der Waals surface area contributed by atoms with Crippen LogP contribution in [0.5, 0.6) is 0 Å². The van der Waals surface area contributed by atoms with Crippen molar-refractivity contribution in [2.45, 2.75) is 31.3 Å². The highest BCUT2D eigenvalue weighted by molar-refractivity contribution is 5.87. The van der Waals surface area contributed by atoms with E-state index in [1.54, 1.807) is 0 Å². The van der Waals surface area contributed by atoms with Crippen LogP contribution in [0.15, 0.2) is 0 Å². The number of carbonyl (C=O) groups excluding carboxylic acids is 2. The number of hydrogen-bond donors (Lipinski definition) is 4. The Kier molecular flexibility index (Phi) is 5.56. The minimum Gasteiger partial charge on any atom is -0.480 e. The molecule has 8 nitrogen and oxygen atoms in total. The summed E-state index contributed by atoms with van der Waals surface area (Å²) >= 11 is 0. The van der Waals surface area contributed by atoms with Gasteiger partial charge in [-0.1, -0.05) is 0 Å². The smallest absolute Gasteiger partial charge is 0.326 e. The Labute approximate surface area is 111 Å². The van der Waals surface area contributed by atoms with Gasteiger partial charge in [-0.15, -0.1) is 0 Å². The molecule has 0 aromatic rings. The lowest BCUT2D eigenvalue weighted by molar-refractivity contribution is -0.140. The number of carbonyl (C=O) groups is 3. The van der Waals surface area contributed by atoms with E-state index in [0.717, 1.165) is 0 Å². The molecule has 0 heterocycles. The van der Waals surface area contributed by atoms with Crippen molar-refractivity contribution in [3.8, 4) is 0 Å². The molecule has 108 valence electrons. The van der Waals surface area contributed by atoms with E-state index in [1.807, 2.05) is 7.05 Å². The molecule has 8 heteroatoms. The van der Waals surface area contributed by atoms with E-state index < -0.39 is 30.4 Å². The summed E-state index contributed by atoms with van der Waals surface area (Å²) in [5, 5.41) is 13.6. The molecule has 1 aliphatic rings. The third-order valence-electron chi connectivity index (χ3n) is 2.93. The second-order valence-electron chi connectivity index (χ2n) is 4.67. The fraction of sp³-hybridized carbons (Fsp3) is 0.727. The molecular weight excluding hydrogens is 252 g/mol. The van der Waals surface area contributed by atoms with Crippen molar-refractivity contribution in [3.05, 3.63) is 0 Å². The second-order valence-corrected chi connectivity index (χ2v) is 4.67. The van der Waals surface area contributed by atoms with Crippen LogP contribution in [0, 0.1) is 0 Å². The molecule has 1 rings (SSSR count). The first kappa shape index (κ1) is 15.2. The van der Waals surface area contributed by atoms with E-state index in [9.17, 15) is 14.4 Å². The molecule has 0 spiro atoms. The van der Waals surface area contributed by atoms with Gasteiger partial charge in [-0.3, -0.25) is 4.79 Å². The van der Waals surface area contributed by atoms with Crippen molar-refractivity contribution in [1.29, 1.82) is 0 Å². The molecule has 0 unspecified atom stereocenters. The van der Waals surface area contributed by atoms with Gasteiger partial charge in [-0.05, 0) is 19.9 Å². The minimum atomic E-state index is -1.29. The molecule has 0 aliphatic heterocycles. The lowest BCUT2D eigenvalue weighted by Crippen LogP contribution is -2.48. The first-order valence-electron chi connectivity index (χ1n) is 6.16. The number of nitrogens with two attached hydrogens (primary N) is 1. The number of primary amides is 1. The Morgan fingerprint density at radius 1 is 1.42 bits per heavy atom. The van der Waals surface area contributed by atoms with Gasteiger partial charge in [0, 0.05) is 19.1 Å². The number of carboxylic acids is 1. The maximum absolute atomic E-state index is 11.5. The molecular formula is C11H20N4O4. The number of amides is 3. The van der Waals surface area contributed by atoms with Gasteiger partial charge in [-0.25, -0.2) is 9.59 Å². The van der Waals surface area contributed by atoms with Gasteiger partial charge in [0.2, 0.25) is 5.91 Å². The Morgan fingerprint density at radius 2 is 2.05 bits per heavy atom. The standard InChI is InChI=1S/C11H20N4O4/c1-15(7-2-3-7)5-4-13-11(19)14-8(10(17)18)6-9(12)16/h7-8H,2-6H2,1H3,(H2,12,16)(H,17,18)(H2,13,14,19)/t8-/m1/s1. The van der Waals surface area contributed by atoms with Crippen LogP contribution in [-0.2, 0) is 9.59 Å². The average molecular weight is 272 g/mol. The van der Waals surface area contributed by atoms with Gasteiger partial charge >= 0.3 is 12.0 Å². The van der Waals surface area contributed by atoms with Crippen LogP contribution in [0.25, 0.3) is 0 Å². The number of urea groups is 1. The maximum Gasteiger partial charge on any atom is 0.326 e. The van der Waals surface area contributed by atoms with Gasteiger partial charge in [0.15, 0.2) is 0 Å². The average Bonchev–Trinajstić information content (AvgIpc) is 3.10. The molecule has 1 fully saturated rings. The fourth-order valence-electron chi connectivity index (χ4n) is 1.65. The highest BCUT2D eigenvalue weighted by atomic mass is 16.4. The third kappa shape index (κ3) is 6.05. The van der Waals surface area contributed by atoms with E-state index in [1.165, 1.54) is 12.8 Å². The third-order valence-corrected chi connectivity index (χ3v) is 2.93. The van der Waals surface area contributed by atoms with Crippen LogP contribution in [0.2, 0.25) is 0 Å². The maximum atomic E-state index is 11.5. The van der Waals surface area contributed by atoms with E-state index in [2.05, 4.69) is 15.5 Å². The van der Waals surface area contributed by atoms with Crippen molar-refractivity contribution in [1.82, 2.24) is 15.5 Å². The lowest BCUT2D eigenvalue weighted by atomic mass is 10.2. The molecule has 1 saturated carbocycles. The van der Waals surface area contributed by atoms with Gasteiger partial charge in [-0.2, -0.15) is 0 Å². The SMILES string of the molecule is CN(CCNC(=O)N[C@H](CC(N)=O)C(=O)O)C1CC1. The molecule has 3 amide bonds. The highest BCUT2D eigenvalue weighted by Gasteiger charge is 2.26. The van der Waals surface area contributed by atoms with Crippen LogP contribution >= 0.6 is 0 Å². The molecule has 19 heavy (non-hydrogen) atoms. The zero-order valence-corrected chi connectivity index (χ0v) is 10.9. The molecule has 0 saturated heterocycles. The highest BCUT2D eigenvalue weighted by Crippen LogP contribution is 2.24. The van der Waals surface area contributed by atoms with E-state index >= 15 is 0 Å². The Balaban J connectivity index is 2.23. The predicted molar refractivity (Wildman–Crippen MR) is 67.4 cm³/mol. The summed E-state index contributed by atoms with van der Waals surface area (Å²) in [5.74, 6) is -2.06. The number of aliphatic carboxylic acids is 1. The molecule has 5 N–H and O–H groups in total. The van der Waals surface area contributed by atoms with Crippen molar-refractivity contribution in [3.63, 3.8) is 0 Å². The molecule has 1 atom stereocenters. The summed E-state index contributed by atoms with van der Waals surface area (Å²) in [7, 11) is 1.98. The van der Waals surface area contributed by atoms with Gasteiger partial charge in [0.25, 0.3) is 0 Å². The first-order valence-corrected chi connectivity index (χ1v) is 6.16. The topological polar surface area (TPSA) is 125 Å². The summed E-state index contributed by atoms with van der Waals surface area (Å²) in [4.78, 5) is 35.0. The molecule has 0 aromatic carbocycles. The van der Waals surface area contributed by atoms with E-state index in [0.29, 0.717) is 19.1 Å². The number of rotatable bonds is 8. The number of nitrogens with one attached hydrogen (secondary N) is 2. The van der Waals surface area contributed by atoms with Crippen LogP contribution in [-0.4, -0.2) is 60.1 Å². The Morgan fingerprint density at radius 3 is 2.53 bits per heavy atom. The zero-order chi connectivity index (χ0) is 14.4. The van der Waals surface area contributed by atoms with Crippen LogP contribution in [0.4, 0.5) is 4.79 Å². The van der Waals surface area contributed by atoms with Crippen molar-refractivity contribution >= 4 is 17.9 Å². The van der Waals surface area contributed by atoms with Crippen LogP contribution in [0.1, 0.15) is 19.3 Å². The van der Waals surface area contributed by atoms with Gasteiger partial charge < -0.3 is 26.4 Å². The quantitative estimate of drug-likeness (QED) is 0.437. The Bertz CT molecular complexity index is 357. The Hall–Kier alpha value is -1.83. The van der Waals surface area contributed by atoms with E-state index in [4.69, 9.17) is 10.8 Å². The second kappa shape index (κ2) is 6.93. The van der Waals surface area contributed by atoms with Crippen molar-refractivity contribution in [2.24, 2.45) is 5.73 Å². The van der Waals surface area contributed by atoms with Crippen molar-refractivity contribution < 1.29 is 19.5 Å². The largest absolute Gasteiger partial charge is 0.480 e. The van der Waals surface area contributed by atoms with E-state index in [-0.39, 0.29) is 0 Å². The summed E-state index contributed by atoms with van der Waals surface area (Å²) in [6.07, 6.45) is 1.94. The number of likely N-dealkylation sites (N-methyl/N-ethyl adjacent to an activating group) is 1. The van der Waals surface area contributed by atoms with Crippen LogP contribution < -0.4 is 16.4 Å². The molecule has 0 radical (unpaired) electrons. The zero-order valence-electron chi connectivity index (χ0n) is 10.9. The summed E-state index contributed by atoms with van der Waals surface area (Å²) < 4.78 is 0. The number of hydrogen-bond acceptors (Lipinski definition) is 4. The number of carboxylic acid groups (broad SMARTS) is 1. The fourth-order valence-corrected chi connectivity index (χ4v) is 1.65. The van der Waals surface area contributed by atoms with Crippen molar-refractivity contribution in [2.75, 3.05) is 20.1 Å². The molecule has 0 bridgehead atoms. The lowest BCUT2D eigenvalue weighted by Gasteiger charge is -2.17. The monoisotopic (exact) mass is 272 g/mol. The summed E-state index contributed by atoms with van der Waals surface area (Å²) in [6.45, 7) is 1.12. The van der Waals surface area contributed by atoms with Crippen LogP contribution in [0.3, 0.4) is 0 Å².